The summed E-state index contributed by atoms with van der Waals surface area (Å²) in [7, 11) is 1.62. The van der Waals surface area contributed by atoms with Crippen LogP contribution in [0.25, 0.3) is 11.4 Å². The summed E-state index contributed by atoms with van der Waals surface area (Å²) in [5, 5.41) is 7.09. The number of aromatic nitrogens is 2. The van der Waals surface area contributed by atoms with Crippen molar-refractivity contribution < 1.29 is 14.1 Å². The lowest BCUT2D eigenvalue weighted by Crippen LogP contribution is -2.34. The minimum absolute atomic E-state index is 0.153. The molecule has 7 nitrogen and oxygen atoms in total. The number of carbonyl (C=O) groups is 1. The summed E-state index contributed by atoms with van der Waals surface area (Å²) in [6.07, 6.45) is 1.69. The molecule has 29 heavy (non-hydrogen) atoms. The second kappa shape index (κ2) is 7.95. The molecule has 2 aromatic carbocycles. The number of hydrogen-bond acceptors (Lipinski definition) is 5. The van der Waals surface area contributed by atoms with Gasteiger partial charge in [0.25, 0.3) is 0 Å². The van der Waals surface area contributed by atoms with Crippen LogP contribution in [0.2, 0.25) is 0 Å². The number of carbonyl (C=O) groups excluding carboxylic acids is 1. The average molecular weight is 392 g/mol. The first kappa shape index (κ1) is 19.0. The van der Waals surface area contributed by atoms with Crippen molar-refractivity contribution in [2.24, 2.45) is 0 Å². The molecule has 1 atom stereocenters. The van der Waals surface area contributed by atoms with Crippen molar-refractivity contribution in [3.8, 4) is 17.1 Å². The van der Waals surface area contributed by atoms with Crippen LogP contribution >= 0.6 is 0 Å². The van der Waals surface area contributed by atoms with E-state index in [0.717, 1.165) is 35.4 Å². The highest BCUT2D eigenvalue weighted by atomic mass is 16.5. The van der Waals surface area contributed by atoms with Crippen molar-refractivity contribution in [2.75, 3.05) is 19.0 Å². The lowest BCUT2D eigenvalue weighted by atomic mass is 10.1. The lowest BCUT2D eigenvalue weighted by molar-refractivity contribution is 0.193. The monoisotopic (exact) mass is 392 g/mol. The molecule has 1 aromatic heterocycles. The third-order valence-corrected chi connectivity index (χ3v) is 5.35. The molecular weight excluding hydrogens is 368 g/mol. The second-order valence-corrected chi connectivity index (χ2v) is 7.27. The molecule has 2 amide bonds. The Morgan fingerprint density at radius 2 is 1.97 bits per heavy atom. The van der Waals surface area contributed by atoms with Gasteiger partial charge < -0.3 is 19.5 Å². The largest absolute Gasteiger partial charge is 0.497 e. The average Bonchev–Trinajstić information content (AvgIpc) is 3.40. The molecule has 7 heteroatoms. The Labute approximate surface area is 169 Å². The number of nitrogens with zero attached hydrogens (tertiary/aromatic N) is 3. The van der Waals surface area contributed by atoms with Gasteiger partial charge in [-0.15, -0.1) is 0 Å². The van der Waals surface area contributed by atoms with E-state index in [4.69, 9.17) is 9.26 Å². The quantitative estimate of drug-likeness (QED) is 0.694. The predicted molar refractivity (Wildman–Crippen MR) is 110 cm³/mol. The van der Waals surface area contributed by atoms with Gasteiger partial charge in [-0.05, 0) is 74.2 Å². The third kappa shape index (κ3) is 3.94. The van der Waals surface area contributed by atoms with Crippen molar-refractivity contribution in [3.63, 3.8) is 0 Å². The molecule has 1 aliphatic heterocycles. The summed E-state index contributed by atoms with van der Waals surface area (Å²) in [5.41, 5.74) is 3.96. The Balaban J connectivity index is 1.49. The predicted octanol–water partition coefficient (Wildman–Crippen LogP) is 4.73. The van der Waals surface area contributed by atoms with Crippen molar-refractivity contribution >= 4 is 11.7 Å². The number of benzene rings is 2. The van der Waals surface area contributed by atoms with Gasteiger partial charge in [0, 0.05) is 17.8 Å². The van der Waals surface area contributed by atoms with E-state index in [0.29, 0.717) is 18.3 Å². The number of likely N-dealkylation sites (tertiary alicyclic amines) is 1. The maximum atomic E-state index is 12.9. The van der Waals surface area contributed by atoms with Gasteiger partial charge in [-0.1, -0.05) is 11.2 Å². The highest BCUT2D eigenvalue weighted by Crippen LogP contribution is 2.33. The normalized spacial score (nSPS) is 16.1. The summed E-state index contributed by atoms with van der Waals surface area (Å²) in [5.74, 6) is 1.73. The van der Waals surface area contributed by atoms with Crippen LogP contribution in [-0.4, -0.2) is 34.7 Å². The van der Waals surface area contributed by atoms with Crippen LogP contribution < -0.4 is 10.1 Å². The number of rotatable bonds is 4. The van der Waals surface area contributed by atoms with Crippen molar-refractivity contribution in [1.82, 2.24) is 15.0 Å². The minimum Gasteiger partial charge on any atom is -0.497 e. The van der Waals surface area contributed by atoms with Crippen molar-refractivity contribution in [2.45, 2.75) is 32.7 Å². The topological polar surface area (TPSA) is 80.5 Å². The molecule has 1 N–H and O–H groups in total. The summed E-state index contributed by atoms with van der Waals surface area (Å²) < 4.78 is 10.7. The van der Waals surface area contributed by atoms with Gasteiger partial charge in [-0.3, -0.25) is 0 Å². The molecule has 0 aliphatic carbocycles. The zero-order valence-corrected chi connectivity index (χ0v) is 16.8. The first-order valence-electron chi connectivity index (χ1n) is 9.68. The van der Waals surface area contributed by atoms with Crippen LogP contribution in [0.1, 0.15) is 35.9 Å². The summed E-state index contributed by atoms with van der Waals surface area (Å²) >= 11 is 0. The third-order valence-electron chi connectivity index (χ3n) is 5.35. The van der Waals surface area contributed by atoms with Crippen LogP contribution in [-0.2, 0) is 0 Å². The molecule has 4 rings (SSSR count). The van der Waals surface area contributed by atoms with E-state index in [1.165, 1.54) is 5.56 Å². The Hall–Kier alpha value is -3.35. The Morgan fingerprint density at radius 3 is 2.69 bits per heavy atom. The van der Waals surface area contributed by atoms with E-state index in [1.54, 1.807) is 12.0 Å². The summed E-state index contributed by atoms with van der Waals surface area (Å²) in [6, 6.07) is 13.0. The fourth-order valence-corrected chi connectivity index (χ4v) is 3.51. The molecule has 1 aliphatic rings. The SMILES string of the molecule is COc1ccc(-c2noc(C3CCCN3C(=O)Nc3ccc(C)c(C)c3)n2)cc1. The van der Waals surface area contributed by atoms with Gasteiger partial charge in [-0.25, -0.2) is 4.79 Å². The Kier molecular flexibility index (Phi) is 5.20. The second-order valence-electron chi connectivity index (χ2n) is 7.27. The highest BCUT2D eigenvalue weighted by molar-refractivity contribution is 5.89. The fraction of sp³-hybridized carbons (Fsp3) is 0.318. The number of hydrogen-bond donors (Lipinski definition) is 1. The Bertz CT molecular complexity index is 1010. The van der Waals surface area contributed by atoms with Crippen molar-refractivity contribution in [3.05, 3.63) is 59.5 Å². The zero-order chi connectivity index (χ0) is 20.4. The molecule has 3 aromatic rings. The molecule has 0 bridgehead atoms. The van der Waals surface area contributed by atoms with Gasteiger partial charge in [0.15, 0.2) is 0 Å². The molecule has 2 heterocycles. The number of amides is 2. The summed E-state index contributed by atoms with van der Waals surface area (Å²) in [4.78, 5) is 19.2. The van der Waals surface area contributed by atoms with E-state index >= 15 is 0 Å². The van der Waals surface area contributed by atoms with Gasteiger partial charge in [-0.2, -0.15) is 4.98 Å². The van der Waals surface area contributed by atoms with E-state index in [1.807, 2.05) is 56.3 Å². The van der Waals surface area contributed by atoms with Gasteiger partial charge in [0.1, 0.15) is 11.8 Å². The molecule has 1 unspecified atom stereocenters. The lowest BCUT2D eigenvalue weighted by Gasteiger charge is -2.22. The Morgan fingerprint density at radius 1 is 1.17 bits per heavy atom. The highest BCUT2D eigenvalue weighted by Gasteiger charge is 2.34. The van der Waals surface area contributed by atoms with Crippen molar-refractivity contribution in [1.29, 1.82) is 0 Å². The van der Waals surface area contributed by atoms with E-state index in [9.17, 15) is 4.79 Å². The molecule has 1 saturated heterocycles. The standard InChI is InChI=1S/C22H24N4O3/c1-14-6-9-17(13-15(14)2)23-22(27)26-12-4-5-19(26)21-24-20(25-29-21)16-7-10-18(28-3)11-8-16/h6-11,13,19H,4-5,12H2,1-3H3,(H,23,27). The first-order chi connectivity index (χ1) is 14.0. The van der Waals surface area contributed by atoms with Crippen LogP contribution in [0.5, 0.6) is 5.75 Å². The number of methoxy groups -OCH3 is 1. The van der Waals surface area contributed by atoms with Crippen LogP contribution in [0.4, 0.5) is 10.5 Å². The van der Waals surface area contributed by atoms with E-state index in [-0.39, 0.29) is 12.1 Å². The summed E-state index contributed by atoms with van der Waals surface area (Å²) in [6.45, 7) is 4.73. The number of ether oxygens (including phenoxy) is 1. The van der Waals surface area contributed by atoms with E-state index < -0.39 is 0 Å². The van der Waals surface area contributed by atoms with Crippen LogP contribution in [0.3, 0.4) is 0 Å². The number of aryl methyl sites for hydroxylation is 2. The molecule has 0 radical (unpaired) electrons. The number of urea groups is 1. The zero-order valence-electron chi connectivity index (χ0n) is 16.8. The number of anilines is 1. The molecule has 150 valence electrons. The maximum Gasteiger partial charge on any atom is 0.322 e. The maximum absolute atomic E-state index is 12.9. The van der Waals surface area contributed by atoms with Gasteiger partial charge >= 0.3 is 6.03 Å². The smallest absolute Gasteiger partial charge is 0.322 e. The molecule has 0 saturated carbocycles. The van der Waals surface area contributed by atoms with Gasteiger partial charge in [0.05, 0.1) is 7.11 Å². The first-order valence-corrected chi connectivity index (χ1v) is 9.68. The fourth-order valence-electron chi connectivity index (χ4n) is 3.51. The number of nitrogens with one attached hydrogen (secondary N) is 1. The van der Waals surface area contributed by atoms with Crippen LogP contribution in [0.15, 0.2) is 47.0 Å². The molecule has 1 fully saturated rings. The van der Waals surface area contributed by atoms with Crippen LogP contribution in [0, 0.1) is 13.8 Å². The van der Waals surface area contributed by atoms with E-state index in [2.05, 4.69) is 15.5 Å². The minimum atomic E-state index is -0.221. The molecular formula is C22H24N4O3. The molecule has 0 spiro atoms. The van der Waals surface area contributed by atoms with Gasteiger partial charge in [0.2, 0.25) is 11.7 Å².